The number of rotatable bonds is 5. The molecule has 0 spiro atoms. The first kappa shape index (κ1) is 14.5. The third kappa shape index (κ3) is 3.33. The molecule has 2 heterocycles. The van der Waals surface area contributed by atoms with Crippen LogP contribution in [-0.2, 0) is 4.74 Å². The molecule has 1 unspecified atom stereocenters. The summed E-state index contributed by atoms with van der Waals surface area (Å²) in [6, 6.07) is 2.86. The van der Waals surface area contributed by atoms with Crippen LogP contribution in [0.15, 0.2) is 18.3 Å². The van der Waals surface area contributed by atoms with Gasteiger partial charge in [-0.15, -0.1) is 0 Å². The van der Waals surface area contributed by atoms with Gasteiger partial charge in [0, 0.05) is 31.8 Å². The summed E-state index contributed by atoms with van der Waals surface area (Å²) in [5.74, 6) is -0.819. The van der Waals surface area contributed by atoms with Crippen molar-refractivity contribution >= 4 is 11.9 Å². The Hall–Kier alpha value is -1.95. The molecule has 1 aromatic heterocycles. The standard InChI is InChI=1S/C14H18N2O4/c1-2-20-9-10-5-6-16(8-10)13(17)11-3-4-12(14(18)19)15-7-11/h3-4,7,10H,2,5-6,8-9H2,1H3,(H,18,19). The van der Waals surface area contributed by atoms with Crippen LogP contribution in [0.3, 0.4) is 0 Å². The molecule has 6 heteroatoms. The predicted octanol–water partition coefficient (Wildman–Crippen LogP) is 1.28. The Labute approximate surface area is 117 Å². The van der Waals surface area contributed by atoms with Gasteiger partial charge in [0.15, 0.2) is 0 Å². The van der Waals surface area contributed by atoms with Crippen LogP contribution in [0.4, 0.5) is 0 Å². The van der Waals surface area contributed by atoms with Gasteiger partial charge in [0.1, 0.15) is 5.69 Å². The van der Waals surface area contributed by atoms with E-state index in [0.29, 0.717) is 37.8 Å². The number of carboxylic acids is 1. The first-order valence-corrected chi connectivity index (χ1v) is 6.68. The SMILES string of the molecule is CCOCC1CCN(C(=O)c2ccc(C(=O)O)nc2)C1. The number of carbonyl (C=O) groups excluding carboxylic acids is 1. The number of aromatic carboxylic acids is 1. The number of carbonyl (C=O) groups is 2. The summed E-state index contributed by atoms with van der Waals surface area (Å²) in [6.45, 7) is 4.70. The summed E-state index contributed by atoms with van der Waals surface area (Å²) < 4.78 is 5.38. The van der Waals surface area contributed by atoms with Crippen molar-refractivity contribution in [1.82, 2.24) is 9.88 Å². The van der Waals surface area contributed by atoms with Crippen molar-refractivity contribution in [2.24, 2.45) is 5.92 Å². The summed E-state index contributed by atoms with van der Waals surface area (Å²) in [7, 11) is 0. The van der Waals surface area contributed by atoms with Gasteiger partial charge in [0.05, 0.1) is 12.2 Å². The smallest absolute Gasteiger partial charge is 0.354 e. The Morgan fingerprint density at radius 3 is 2.90 bits per heavy atom. The lowest BCUT2D eigenvalue weighted by Crippen LogP contribution is -2.29. The van der Waals surface area contributed by atoms with E-state index < -0.39 is 5.97 Å². The van der Waals surface area contributed by atoms with Crippen LogP contribution in [0.2, 0.25) is 0 Å². The average molecular weight is 278 g/mol. The number of carboxylic acid groups (broad SMARTS) is 1. The lowest BCUT2D eigenvalue weighted by molar-refractivity contribution is 0.0687. The lowest BCUT2D eigenvalue weighted by Gasteiger charge is -2.16. The largest absolute Gasteiger partial charge is 0.477 e. The maximum Gasteiger partial charge on any atom is 0.354 e. The maximum atomic E-state index is 12.2. The van der Waals surface area contributed by atoms with Gasteiger partial charge in [0.25, 0.3) is 5.91 Å². The molecule has 1 N–H and O–H groups in total. The Balaban J connectivity index is 1.96. The van der Waals surface area contributed by atoms with Crippen LogP contribution in [0.25, 0.3) is 0 Å². The molecule has 1 saturated heterocycles. The van der Waals surface area contributed by atoms with Crippen LogP contribution in [0.5, 0.6) is 0 Å². The predicted molar refractivity (Wildman–Crippen MR) is 71.7 cm³/mol. The highest BCUT2D eigenvalue weighted by Gasteiger charge is 2.27. The van der Waals surface area contributed by atoms with Gasteiger partial charge in [0.2, 0.25) is 0 Å². The van der Waals surface area contributed by atoms with Gasteiger partial charge in [-0.05, 0) is 25.5 Å². The van der Waals surface area contributed by atoms with E-state index in [1.54, 1.807) is 4.90 Å². The minimum Gasteiger partial charge on any atom is -0.477 e. The van der Waals surface area contributed by atoms with Crippen LogP contribution in [0, 0.1) is 5.92 Å². The van der Waals surface area contributed by atoms with E-state index in [2.05, 4.69) is 4.98 Å². The minimum atomic E-state index is -1.10. The molecule has 1 atom stereocenters. The van der Waals surface area contributed by atoms with E-state index in [1.807, 2.05) is 6.92 Å². The lowest BCUT2D eigenvalue weighted by atomic mass is 10.1. The van der Waals surface area contributed by atoms with E-state index in [9.17, 15) is 9.59 Å². The molecule has 108 valence electrons. The van der Waals surface area contributed by atoms with Crippen molar-refractivity contribution in [3.63, 3.8) is 0 Å². The fraction of sp³-hybridized carbons (Fsp3) is 0.500. The van der Waals surface area contributed by atoms with Crippen molar-refractivity contribution in [1.29, 1.82) is 0 Å². The molecule has 1 aliphatic rings. The average Bonchev–Trinajstić information content (AvgIpc) is 2.93. The summed E-state index contributed by atoms with van der Waals surface area (Å²) in [5, 5.41) is 8.77. The molecule has 2 rings (SSSR count). The summed E-state index contributed by atoms with van der Waals surface area (Å²) in [4.78, 5) is 28.5. The first-order chi connectivity index (χ1) is 9.61. The molecule has 0 saturated carbocycles. The van der Waals surface area contributed by atoms with Gasteiger partial charge in [-0.3, -0.25) is 4.79 Å². The fourth-order valence-electron chi connectivity index (χ4n) is 2.27. The minimum absolute atomic E-state index is 0.0582. The normalized spacial score (nSPS) is 18.2. The highest BCUT2D eigenvalue weighted by molar-refractivity contribution is 5.95. The summed E-state index contributed by atoms with van der Waals surface area (Å²) >= 11 is 0. The van der Waals surface area contributed by atoms with Crippen LogP contribution in [0.1, 0.15) is 34.2 Å². The molecule has 1 fully saturated rings. The second kappa shape index (κ2) is 6.47. The van der Waals surface area contributed by atoms with Crippen molar-refractivity contribution in [2.45, 2.75) is 13.3 Å². The van der Waals surface area contributed by atoms with Crippen molar-refractivity contribution in [2.75, 3.05) is 26.3 Å². The molecule has 1 amide bonds. The van der Waals surface area contributed by atoms with Crippen LogP contribution in [-0.4, -0.2) is 53.2 Å². The zero-order valence-corrected chi connectivity index (χ0v) is 11.4. The molecule has 0 bridgehead atoms. The molecule has 0 radical (unpaired) electrons. The first-order valence-electron chi connectivity index (χ1n) is 6.68. The zero-order valence-electron chi connectivity index (χ0n) is 11.4. The van der Waals surface area contributed by atoms with Gasteiger partial charge >= 0.3 is 5.97 Å². The van der Waals surface area contributed by atoms with E-state index in [1.165, 1.54) is 18.3 Å². The number of ether oxygens (including phenoxy) is 1. The molecular formula is C14H18N2O4. The maximum absolute atomic E-state index is 12.2. The summed E-state index contributed by atoms with van der Waals surface area (Å²) in [6.07, 6.45) is 2.26. The number of hydrogen-bond acceptors (Lipinski definition) is 4. The van der Waals surface area contributed by atoms with E-state index in [0.717, 1.165) is 6.42 Å². The monoisotopic (exact) mass is 278 g/mol. The van der Waals surface area contributed by atoms with Crippen LogP contribution < -0.4 is 0 Å². The molecule has 1 aromatic rings. The molecule has 6 nitrogen and oxygen atoms in total. The zero-order chi connectivity index (χ0) is 14.5. The van der Waals surface area contributed by atoms with Gasteiger partial charge in [-0.25, -0.2) is 9.78 Å². The summed E-state index contributed by atoms with van der Waals surface area (Å²) in [5.41, 5.74) is 0.365. The second-order valence-electron chi connectivity index (χ2n) is 4.80. The third-order valence-electron chi connectivity index (χ3n) is 3.36. The highest BCUT2D eigenvalue weighted by atomic mass is 16.5. The number of pyridine rings is 1. The van der Waals surface area contributed by atoms with Crippen LogP contribution >= 0.6 is 0 Å². The van der Waals surface area contributed by atoms with Gasteiger partial charge in [-0.2, -0.15) is 0 Å². The Bertz CT molecular complexity index is 486. The molecule has 1 aliphatic heterocycles. The van der Waals surface area contributed by atoms with E-state index >= 15 is 0 Å². The molecule has 0 aromatic carbocycles. The quantitative estimate of drug-likeness (QED) is 0.877. The number of aromatic nitrogens is 1. The third-order valence-corrected chi connectivity index (χ3v) is 3.36. The van der Waals surface area contributed by atoms with Gasteiger partial charge < -0.3 is 14.7 Å². The highest BCUT2D eigenvalue weighted by Crippen LogP contribution is 2.19. The Morgan fingerprint density at radius 2 is 2.30 bits per heavy atom. The van der Waals surface area contributed by atoms with E-state index in [4.69, 9.17) is 9.84 Å². The molecule has 20 heavy (non-hydrogen) atoms. The number of hydrogen-bond donors (Lipinski definition) is 1. The van der Waals surface area contributed by atoms with E-state index in [-0.39, 0.29) is 11.6 Å². The van der Waals surface area contributed by atoms with Crippen molar-refractivity contribution in [3.8, 4) is 0 Å². The van der Waals surface area contributed by atoms with Gasteiger partial charge in [-0.1, -0.05) is 0 Å². The topological polar surface area (TPSA) is 79.7 Å². The number of likely N-dealkylation sites (tertiary alicyclic amines) is 1. The van der Waals surface area contributed by atoms with Crippen molar-refractivity contribution < 1.29 is 19.4 Å². The molecular weight excluding hydrogens is 260 g/mol. The Morgan fingerprint density at radius 1 is 1.50 bits per heavy atom. The molecule has 0 aliphatic carbocycles. The number of nitrogens with zero attached hydrogens (tertiary/aromatic N) is 2. The number of amides is 1. The Kier molecular flexibility index (Phi) is 4.68. The van der Waals surface area contributed by atoms with Crippen molar-refractivity contribution in [3.05, 3.63) is 29.6 Å². The second-order valence-corrected chi connectivity index (χ2v) is 4.80. The fourth-order valence-corrected chi connectivity index (χ4v) is 2.27.